The van der Waals surface area contributed by atoms with Crippen molar-refractivity contribution in [1.29, 1.82) is 0 Å². The van der Waals surface area contributed by atoms with E-state index in [-0.39, 0.29) is 23.0 Å². The van der Waals surface area contributed by atoms with Crippen molar-refractivity contribution in [2.75, 3.05) is 19.7 Å². The van der Waals surface area contributed by atoms with Crippen LogP contribution >= 0.6 is 0 Å². The van der Waals surface area contributed by atoms with E-state index in [2.05, 4.69) is 31.4 Å². The molecule has 2 fully saturated rings. The average molecular weight is 296 g/mol. The quantitative estimate of drug-likeness (QED) is 0.820. The average Bonchev–Trinajstić information content (AvgIpc) is 2.55. The molecule has 2 atom stereocenters. The van der Waals surface area contributed by atoms with Crippen LogP contribution in [0.1, 0.15) is 65.7 Å². The molecule has 2 heterocycles. The fraction of sp³-hybridized carbons (Fsp3) is 0.941. The van der Waals surface area contributed by atoms with Gasteiger partial charge in [0, 0.05) is 19.2 Å². The molecule has 0 bridgehead atoms. The fourth-order valence-corrected chi connectivity index (χ4v) is 3.86. The molecule has 4 nitrogen and oxygen atoms in total. The zero-order valence-corrected chi connectivity index (χ0v) is 14.0. The first kappa shape index (κ1) is 16.8. The smallest absolute Gasteiger partial charge is 0.227 e. The Morgan fingerprint density at radius 2 is 2.05 bits per heavy atom. The molecule has 0 spiro atoms. The third-order valence-electron chi connectivity index (χ3n) is 5.75. The van der Waals surface area contributed by atoms with E-state index in [0.717, 1.165) is 64.6 Å². The Hall–Kier alpha value is -0.610. The van der Waals surface area contributed by atoms with Gasteiger partial charge in [-0.3, -0.25) is 4.79 Å². The minimum Gasteiger partial charge on any atom is -0.375 e. The molecule has 2 saturated heterocycles. The zero-order chi connectivity index (χ0) is 15.3. The van der Waals surface area contributed by atoms with Crippen LogP contribution in [0.25, 0.3) is 0 Å². The molecular weight excluding hydrogens is 264 g/mol. The highest BCUT2D eigenvalue weighted by atomic mass is 16.5. The molecule has 21 heavy (non-hydrogen) atoms. The van der Waals surface area contributed by atoms with Crippen LogP contribution in [-0.2, 0) is 9.53 Å². The van der Waals surface area contributed by atoms with Gasteiger partial charge in [0.05, 0.1) is 11.0 Å². The molecule has 0 aromatic carbocycles. The maximum Gasteiger partial charge on any atom is 0.227 e. The molecule has 2 aliphatic rings. The van der Waals surface area contributed by atoms with Crippen molar-refractivity contribution in [3.8, 4) is 0 Å². The van der Waals surface area contributed by atoms with Crippen LogP contribution in [0.5, 0.6) is 0 Å². The van der Waals surface area contributed by atoms with Gasteiger partial charge in [0.25, 0.3) is 0 Å². The fourth-order valence-electron chi connectivity index (χ4n) is 3.86. The lowest BCUT2D eigenvalue weighted by Gasteiger charge is -2.42. The highest BCUT2D eigenvalue weighted by Crippen LogP contribution is 2.34. The minimum atomic E-state index is -0.197. The highest BCUT2D eigenvalue weighted by Gasteiger charge is 2.41. The monoisotopic (exact) mass is 296 g/mol. The lowest BCUT2D eigenvalue weighted by molar-refractivity contribution is -0.136. The Balaban J connectivity index is 1.98. The summed E-state index contributed by atoms with van der Waals surface area (Å²) >= 11 is 0. The Morgan fingerprint density at radius 1 is 1.29 bits per heavy atom. The number of nitrogens with one attached hydrogen (secondary N) is 2. The van der Waals surface area contributed by atoms with E-state index < -0.39 is 0 Å². The van der Waals surface area contributed by atoms with E-state index in [1.165, 1.54) is 0 Å². The third-order valence-corrected chi connectivity index (χ3v) is 5.75. The van der Waals surface area contributed by atoms with Crippen LogP contribution < -0.4 is 10.6 Å². The number of carbonyl (C=O) groups is 1. The van der Waals surface area contributed by atoms with Gasteiger partial charge in [0.2, 0.25) is 5.91 Å². The summed E-state index contributed by atoms with van der Waals surface area (Å²) in [4.78, 5) is 12.8. The van der Waals surface area contributed by atoms with Crippen molar-refractivity contribution in [3.63, 3.8) is 0 Å². The lowest BCUT2D eigenvalue weighted by atomic mass is 9.77. The lowest BCUT2D eigenvalue weighted by Crippen LogP contribution is -2.55. The SMILES string of the molecule is CCC1(CC)CC(NC(=O)C2(CC)CCCNC2)CCO1. The van der Waals surface area contributed by atoms with Gasteiger partial charge in [-0.05, 0) is 51.5 Å². The zero-order valence-electron chi connectivity index (χ0n) is 14.0. The predicted octanol–water partition coefficient (Wildman–Crippen LogP) is 2.62. The molecule has 122 valence electrons. The molecule has 0 radical (unpaired) electrons. The van der Waals surface area contributed by atoms with Crippen molar-refractivity contribution in [2.24, 2.45) is 5.41 Å². The van der Waals surface area contributed by atoms with Crippen LogP contribution in [0, 0.1) is 5.41 Å². The van der Waals surface area contributed by atoms with Crippen LogP contribution in [-0.4, -0.2) is 37.2 Å². The van der Waals surface area contributed by atoms with Crippen LogP contribution in [0.4, 0.5) is 0 Å². The highest BCUT2D eigenvalue weighted by molar-refractivity contribution is 5.83. The Bertz CT molecular complexity index is 347. The summed E-state index contributed by atoms with van der Waals surface area (Å²) in [6.07, 6.45) is 6.98. The van der Waals surface area contributed by atoms with Gasteiger partial charge in [-0.15, -0.1) is 0 Å². The van der Waals surface area contributed by atoms with E-state index in [1.54, 1.807) is 0 Å². The number of amides is 1. The number of hydrogen-bond donors (Lipinski definition) is 2. The summed E-state index contributed by atoms with van der Waals surface area (Å²) < 4.78 is 6.01. The molecule has 0 aromatic heterocycles. The maximum atomic E-state index is 12.8. The second kappa shape index (κ2) is 7.10. The molecule has 1 amide bonds. The van der Waals surface area contributed by atoms with E-state index in [4.69, 9.17) is 4.74 Å². The van der Waals surface area contributed by atoms with Crippen molar-refractivity contribution in [2.45, 2.75) is 77.4 Å². The Kier molecular flexibility index (Phi) is 5.67. The van der Waals surface area contributed by atoms with Gasteiger partial charge in [-0.1, -0.05) is 20.8 Å². The van der Waals surface area contributed by atoms with Crippen molar-refractivity contribution >= 4 is 5.91 Å². The second-order valence-electron chi connectivity index (χ2n) is 6.82. The van der Waals surface area contributed by atoms with Crippen LogP contribution in [0.2, 0.25) is 0 Å². The minimum absolute atomic E-state index is 0.0274. The van der Waals surface area contributed by atoms with Crippen LogP contribution in [0.3, 0.4) is 0 Å². The van der Waals surface area contributed by atoms with Gasteiger partial charge < -0.3 is 15.4 Å². The van der Waals surface area contributed by atoms with E-state index >= 15 is 0 Å². The molecule has 2 N–H and O–H groups in total. The van der Waals surface area contributed by atoms with Gasteiger partial charge in [-0.2, -0.15) is 0 Å². The van der Waals surface area contributed by atoms with E-state index in [1.807, 2.05) is 0 Å². The molecule has 2 unspecified atom stereocenters. The van der Waals surface area contributed by atoms with Gasteiger partial charge in [-0.25, -0.2) is 0 Å². The molecule has 2 rings (SSSR count). The maximum absolute atomic E-state index is 12.8. The van der Waals surface area contributed by atoms with Crippen molar-refractivity contribution < 1.29 is 9.53 Å². The summed E-state index contributed by atoms with van der Waals surface area (Å²) in [5.74, 6) is 0.255. The van der Waals surface area contributed by atoms with Gasteiger partial charge >= 0.3 is 0 Å². The first-order chi connectivity index (χ1) is 10.1. The van der Waals surface area contributed by atoms with Gasteiger partial charge in [0.1, 0.15) is 0 Å². The number of piperidine rings is 1. The molecule has 0 aromatic rings. The normalized spacial score (nSPS) is 32.6. The molecule has 0 aliphatic carbocycles. The second-order valence-corrected chi connectivity index (χ2v) is 6.82. The Morgan fingerprint density at radius 3 is 2.62 bits per heavy atom. The largest absolute Gasteiger partial charge is 0.375 e. The van der Waals surface area contributed by atoms with Crippen molar-refractivity contribution in [1.82, 2.24) is 10.6 Å². The first-order valence-electron chi connectivity index (χ1n) is 8.75. The molecule has 2 aliphatic heterocycles. The standard InChI is InChI=1S/C17H32N2O2/c1-4-16(9-7-10-18-13-16)15(20)19-14-8-11-21-17(5-2,6-3)12-14/h14,18H,4-13H2,1-3H3,(H,19,20). The van der Waals surface area contributed by atoms with E-state index in [0.29, 0.717) is 0 Å². The van der Waals surface area contributed by atoms with Gasteiger partial charge in [0.15, 0.2) is 0 Å². The third kappa shape index (κ3) is 3.59. The number of rotatable bonds is 5. The summed E-state index contributed by atoms with van der Waals surface area (Å²) in [6.45, 7) is 9.15. The topological polar surface area (TPSA) is 50.4 Å². The van der Waals surface area contributed by atoms with Crippen molar-refractivity contribution in [3.05, 3.63) is 0 Å². The van der Waals surface area contributed by atoms with E-state index in [9.17, 15) is 4.79 Å². The van der Waals surface area contributed by atoms with Crippen LogP contribution in [0.15, 0.2) is 0 Å². The summed E-state index contributed by atoms with van der Waals surface area (Å²) in [6, 6.07) is 0.275. The molecule has 4 heteroatoms. The number of ether oxygens (including phenoxy) is 1. The summed E-state index contributed by atoms with van der Waals surface area (Å²) in [5.41, 5.74) is -0.224. The summed E-state index contributed by atoms with van der Waals surface area (Å²) in [5, 5.41) is 6.74. The number of carbonyl (C=O) groups excluding carboxylic acids is 1. The molecule has 0 saturated carbocycles. The first-order valence-corrected chi connectivity index (χ1v) is 8.75. The Labute approximate surface area is 129 Å². The molecular formula is C17H32N2O2. The number of hydrogen-bond acceptors (Lipinski definition) is 3. The predicted molar refractivity (Wildman–Crippen MR) is 85.3 cm³/mol. The summed E-state index contributed by atoms with van der Waals surface area (Å²) in [7, 11) is 0.